The second-order valence-corrected chi connectivity index (χ2v) is 8.04. The van der Waals surface area contributed by atoms with Gasteiger partial charge in [0.05, 0.1) is 7.57 Å². The van der Waals surface area contributed by atoms with E-state index in [2.05, 4.69) is 60.2 Å². The van der Waals surface area contributed by atoms with Crippen LogP contribution < -0.4 is 5.32 Å². The molecule has 1 atom stereocenters. The molecule has 0 saturated heterocycles. The van der Waals surface area contributed by atoms with Gasteiger partial charge in [0.2, 0.25) is 0 Å². The molecule has 0 radical (unpaired) electrons. The summed E-state index contributed by atoms with van der Waals surface area (Å²) in [5.41, 5.74) is 1.27. The normalized spacial score (nSPS) is 12.8. The first kappa shape index (κ1) is 15.2. The highest BCUT2D eigenvalue weighted by Crippen LogP contribution is 2.36. The van der Waals surface area contributed by atoms with Crippen molar-refractivity contribution in [2.75, 3.05) is 6.54 Å². The predicted molar refractivity (Wildman–Crippen MR) is 85.5 cm³/mol. The monoisotopic (exact) mass is 406 g/mol. The predicted octanol–water partition coefficient (Wildman–Crippen LogP) is 3.69. The largest absolute Gasteiger partial charge is 0.309 e. The van der Waals surface area contributed by atoms with Crippen molar-refractivity contribution in [1.82, 2.24) is 20.1 Å². The first-order chi connectivity index (χ1) is 9.11. The lowest BCUT2D eigenvalue weighted by atomic mass is 10.1. The molecule has 0 aliphatic heterocycles. The Morgan fingerprint density at radius 2 is 2.26 bits per heavy atom. The molecule has 0 spiro atoms. The maximum atomic E-state index is 4.31. The van der Waals surface area contributed by atoms with E-state index in [4.69, 9.17) is 0 Å². The van der Waals surface area contributed by atoms with Gasteiger partial charge in [-0.15, -0.1) is 11.3 Å². The molecule has 0 fully saturated rings. The maximum absolute atomic E-state index is 4.31. The van der Waals surface area contributed by atoms with Gasteiger partial charge in [-0.1, -0.05) is 6.92 Å². The smallest absolute Gasteiger partial charge is 0.138 e. The Kier molecular flexibility index (Phi) is 5.56. The number of nitrogens with zero attached hydrogens (tertiary/aromatic N) is 3. The third kappa shape index (κ3) is 3.87. The van der Waals surface area contributed by atoms with E-state index < -0.39 is 0 Å². The Morgan fingerprint density at radius 1 is 1.47 bits per heavy atom. The fourth-order valence-electron chi connectivity index (χ4n) is 1.89. The van der Waals surface area contributed by atoms with Crippen molar-refractivity contribution >= 4 is 43.2 Å². The molecule has 0 saturated carbocycles. The number of nitrogens with one attached hydrogen (secondary N) is 1. The number of aromatic nitrogens is 3. The molecule has 19 heavy (non-hydrogen) atoms. The molecule has 0 aliphatic carbocycles. The summed E-state index contributed by atoms with van der Waals surface area (Å²) in [4.78, 5) is 4.31. The van der Waals surface area contributed by atoms with Crippen LogP contribution in [0, 0.1) is 0 Å². The Bertz CT molecular complexity index is 538. The van der Waals surface area contributed by atoms with Crippen molar-refractivity contribution in [3.8, 4) is 0 Å². The highest BCUT2D eigenvalue weighted by molar-refractivity contribution is 9.12. The zero-order valence-electron chi connectivity index (χ0n) is 10.9. The van der Waals surface area contributed by atoms with Gasteiger partial charge in [-0.05, 0) is 56.5 Å². The molecule has 4 nitrogen and oxygen atoms in total. The first-order valence-corrected chi connectivity index (χ1v) is 8.53. The molecule has 0 aromatic carbocycles. The van der Waals surface area contributed by atoms with Crippen LogP contribution in [0.25, 0.3) is 0 Å². The average molecular weight is 408 g/mol. The molecule has 2 aromatic rings. The molecule has 7 heteroatoms. The second kappa shape index (κ2) is 6.97. The van der Waals surface area contributed by atoms with Crippen LogP contribution >= 0.6 is 43.2 Å². The van der Waals surface area contributed by atoms with E-state index in [0.29, 0.717) is 0 Å². The number of halogens is 2. The van der Waals surface area contributed by atoms with Gasteiger partial charge in [-0.2, -0.15) is 5.10 Å². The number of hydrogen-bond donors (Lipinski definition) is 1. The lowest BCUT2D eigenvalue weighted by Crippen LogP contribution is -2.25. The summed E-state index contributed by atoms with van der Waals surface area (Å²) in [7, 11) is 1.93. The molecule has 104 valence electrons. The highest BCUT2D eigenvalue weighted by Gasteiger charge is 2.19. The van der Waals surface area contributed by atoms with Crippen LogP contribution in [0.3, 0.4) is 0 Å². The number of thiophene rings is 1. The fraction of sp³-hybridized carbons (Fsp3) is 0.500. The average Bonchev–Trinajstić information content (AvgIpc) is 2.91. The van der Waals surface area contributed by atoms with E-state index in [1.807, 2.05) is 11.7 Å². The van der Waals surface area contributed by atoms with Crippen molar-refractivity contribution in [3.63, 3.8) is 0 Å². The van der Waals surface area contributed by atoms with Gasteiger partial charge in [-0.3, -0.25) is 4.68 Å². The molecule has 0 amide bonds. The van der Waals surface area contributed by atoms with Crippen LogP contribution in [0.4, 0.5) is 0 Å². The van der Waals surface area contributed by atoms with Crippen molar-refractivity contribution in [3.05, 3.63) is 31.4 Å². The first-order valence-electron chi connectivity index (χ1n) is 6.12. The van der Waals surface area contributed by atoms with Gasteiger partial charge >= 0.3 is 0 Å². The summed E-state index contributed by atoms with van der Waals surface area (Å²) in [5, 5.41) is 7.71. The molecule has 2 rings (SSSR count). The molecule has 1 unspecified atom stereocenters. The van der Waals surface area contributed by atoms with E-state index >= 15 is 0 Å². The van der Waals surface area contributed by atoms with Gasteiger partial charge < -0.3 is 5.32 Å². The van der Waals surface area contributed by atoms with Crippen LogP contribution in [-0.2, 0) is 13.5 Å². The summed E-state index contributed by atoms with van der Waals surface area (Å²) in [6, 6.07) is 2.41. The summed E-state index contributed by atoms with van der Waals surface area (Å²) in [6.07, 6.45) is 3.54. The molecular weight excluding hydrogens is 392 g/mol. The Hall–Kier alpha value is -0.240. The lowest BCUT2D eigenvalue weighted by Gasteiger charge is -2.17. The lowest BCUT2D eigenvalue weighted by molar-refractivity contribution is 0.506. The molecule has 1 N–H and O–H groups in total. The quantitative estimate of drug-likeness (QED) is 0.793. The standard InChI is InChI=1S/C12H16Br2N4S/c1-3-4-15-9(6-11-16-7-17-18(11)2)8-5-10(13)19-12(8)14/h5,7,9,15H,3-4,6H2,1-2H3. The van der Waals surface area contributed by atoms with Crippen molar-refractivity contribution < 1.29 is 0 Å². The molecule has 2 heterocycles. The Labute approximate surface area is 133 Å². The van der Waals surface area contributed by atoms with Crippen LogP contribution in [-0.4, -0.2) is 21.3 Å². The highest BCUT2D eigenvalue weighted by atomic mass is 79.9. The third-order valence-corrected chi connectivity index (χ3v) is 5.28. The van der Waals surface area contributed by atoms with Gasteiger partial charge in [0.25, 0.3) is 0 Å². The zero-order valence-corrected chi connectivity index (χ0v) is 14.8. The maximum Gasteiger partial charge on any atom is 0.138 e. The molecular formula is C12H16Br2N4S. The van der Waals surface area contributed by atoms with E-state index in [1.165, 1.54) is 5.56 Å². The minimum absolute atomic E-state index is 0.250. The zero-order chi connectivity index (χ0) is 13.8. The van der Waals surface area contributed by atoms with Crippen molar-refractivity contribution in [1.29, 1.82) is 0 Å². The molecule has 0 aliphatic rings. The summed E-state index contributed by atoms with van der Waals surface area (Å²) >= 11 is 8.88. The van der Waals surface area contributed by atoms with Gasteiger partial charge in [0, 0.05) is 19.5 Å². The van der Waals surface area contributed by atoms with Crippen LogP contribution in [0.1, 0.15) is 30.8 Å². The van der Waals surface area contributed by atoms with Gasteiger partial charge in [-0.25, -0.2) is 4.98 Å². The van der Waals surface area contributed by atoms with E-state index in [9.17, 15) is 0 Å². The fourth-order valence-corrected chi connectivity index (χ4v) is 4.86. The second-order valence-electron chi connectivity index (χ2n) is 4.29. The number of hydrogen-bond acceptors (Lipinski definition) is 4. The van der Waals surface area contributed by atoms with Crippen molar-refractivity contribution in [2.45, 2.75) is 25.8 Å². The topological polar surface area (TPSA) is 42.7 Å². The Balaban J connectivity index is 2.20. The van der Waals surface area contributed by atoms with E-state index in [-0.39, 0.29) is 6.04 Å². The van der Waals surface area contributed by atoms with Crippen LogP contribution in [0.15, 0.2) is 20.0 Å². The van der Waals surface area contributed by atoms with Crippen LogP contribution in [0.5, 0.6) is 0 Å². The molecule has 2 aromatic heterocycles. The van der Waals surface area contributed by atoms with Gasteiger partial charge in [0.1, 0.15) is 12.2 Å². The van der Waals surface area contributed by atoms with E-state index in [0.717, 1.165) is 32.8 Å². The summed E-state index contributed by atoms with van der Waals surface area (Å²) in [6.45, 7) is 3.16. The summed E-state index contributed by atoms with van der Waals surface area (Å²) in [5.74, 6) is 0.989. The Morgan fingerprint density at radius 3 is 2.79 bits per heavy atom. The third-order valence-electron chi connectivity index (χ3n) is 2.89. The minimum Gasteiger partial charge on any atom is -0.309 e. The summed E-state index contributed by atoms with van der Waals surface area (Å²) < 4.78 is 4.13. The van der Waals surface area contributed by atoms with Crippen LogP contribution in [0.2, 0.25) is 0 Å². The molecule has 0 bridgehead atoms. The minimum atomic E-state index is 0.250. The van der Waals surface area contributed by atoms with E-state index in [1.54, 1.807) is 17.7 Å². The van der Waals surface area contributed by atoms with Crippen molar-refractivity contribution in [2.24, 2.45) is 7.05 Å². The number of aryl methyl sites for hydroxylation is 1. The number of rotatable bonds is 6. The SMILES string of the molecule is CCCNC(Cc1ncnn1C)c1cc(Br)sc1Br. The van der Waals surface area contributed by atoms with Gasteiger partial charge in [0.15, 0.2) is 0 Å².